The maximum absolute atomic E-state index is 13.3. The second-order valence-electron chi connectivity index (χ2n) is 4.51. The fourth-order valence-corrected chi connectivity index (χ4v) is 2.55. The molecule has 0 aliphatic heterocycles. The summed E-state index contributed by atoms with van der Waals surface area (Å²) < 4.78 is 13.3. The summed E-state index contributed by atoms with van der Waals surface area (Å²) in [5, 5.41) is 4.37. The van der Waals surface area contributed by atoms with Crippen molar-refractivity contribution in [2.24, 2.45) is 0 Å². The van der Waals surface area contributed by atoms with Crippen LogP contribution in [0.5, 0.6) is 0 Å². The van der Waals surface area contributed by atoms with Crippen molar-refractivity contribution in [2.75, 3.05) is 5.32 Å². The standard InChI is InChI=1S/C15H11Cl2FN2/c16-12-6-11(7-13(17)15(12)18)20-8-9-1-2-10-3-4-19-14(10)5-9/h1-7,19-20H,8H2. The van der Waals surface area contributed by atoms with Crippen LogP contribution in [0.25, 0.3) is 10.9 Å². The van der Waals surface area contributed by atoms with Gasteiger partial charge in [0.2, 0.25) is 0 Å². The van der Waals surface area contributed by atoms with E-state index in [1.165, 1.54) is 17.5 Å². The summed E-state index contributed by atoms with van der Waals surface area (Å²) in [6.07, 6.45) is 1.90. The number of rotatable bonds is 3. The average Bonchev–Trinajstić information content (AvgIpc) is 2.89. The predicted molar refractivity (Wildman–Crippen MR) is 82.0 cm³/mol. The molecule has 0 radical (unpaired) electrons. The van der Waals surface area contributed by atoms with Crippen LogP contribution in [-0.2, 0) is 6.54 Å². The van der Waals surface area contributed by atoms with Gasteiger partial charge in [0.1, 0.15) is 0 Å². The first-order valence-electron chi connectivity index (χ1n) is 6.08. The van der Waals surface area contributed by atoms with Crippen LogP contribution in [0.15, 0.2) is 42.6 Å². The molecule has 0 saturated carbocycles. The molecule has 0 amide bonds. The molecule has 0 saturated heterocycles. The lowest BCUT2D eigenvalue weighted by molar-refractivity contribution is 0.629. The molecule has 0 fully saturated rings. The van der Waals surface area contributed by atoms with E-state index < -0.39 is 5.82 Å². The highest BCUT2D eigenvalue weighted by Crippen LogP contribution is 2.27. The maximum atomic E-state index is 13.3. The molecular formula is C15H11Cl2FN2. The Kier molecular flexibility index (Phi) is 3.55. The van der Waals surface area contributed by atoms with Gasteiger partial charge in [-0.05, 0) is 35.2 Å². The molecular weight excluding hydrogens is 298 g/mol. The van der Waals surface area contributed by atoms with E-state index in [0.717, 1.165) is 11.1 Å². The summed E-state index contributed by atoms with van der Waals surface area (Å²) >= 11 is 11.5. The van der Waals surface area contributed by atoms with Crippen molar-refractivity contribution >= 4 is 39.8 Å². The van der Waals surface area contributed by atoms with Crippen LogP contribution in [0.1, 0.15) is 5.56 Å². The molecule has 2 nitrogen and oxygen atoms in total. The Morgan fingerprint density at radius 3 is 2.55 bits per heavy atom. The van der Waals surface area contributed by atoms with E-state index in [4.69, 9.17) is 23.2 Å². The highest BCUT2D eigenvalue weighted by atomic mass is 35.5. The minimum atomic E-state index is -0.591. The molecule has 5 heteroatoms. The fraction of sp³-hybridized carbons (Fsp3) is 0.0667. The smallest absolute Gasteiger partial charge is 0.160 e. The number of H-pyrrole nitrogens is 1. The van der Waals surface area contributed by atoms with Crippen molar-refractivity contribution in [3.05, 3.63) is 64.0 Å². The highest BCUT2D eigenvalue weighted by Gasteiger charge is 2.07. The number of hydrogen-bond donors (Lipinski definition) is 2. The van der Waals surface area contributed by atoms with Gasteiger partial charge < -0.3 is 10.3 Å². The summed E-state index contributed by atoms with van der Waals surface area (Å²) in [4.78, 5) is 3.16. The van der Waals surface area contributed by atoms with E-state index >= 15 is 0 Å². The Labute approximate surface area is 125 Å². The highest BCUT2D eigenvalue weighted by molar-refractivity contribution is 6.35. The summed E-state index contributed by atoms with van der Waals surface area (Å²) in [5.41, 5.74) is 2.88. The Bertz CT molecular complexity index is 744. The van der Waals surface area contributed by atoms with Crippen LogP contribution in [0.2, 0.25) is 10.0 Å². The first-order chi connectivity index (χ1) is 9.63. The van der Waals surface area contributed by atoms with Gasteiger partial charge in [-0.2, -0.15) is 0 Å². The first kappa shape index (κ1) is 13.3. The third-order valence-electron chi connectivity index (χ3n) is 3.10. The van der Waals surface area contributed by atoms with E-state index in [-0.39, 0.29) is 10.0 Å². The summed E-state index contributed by atoms with van der Waals surface area (Å²) in [5.74, 6) is -0.591. The Hall–Kier alpha value is -1.71. The molecule has 0 aliphatic carbocycles. The van der Waals surface area contributed by atoms with E-state index in [9.17, 15) is 4.39 Å². The molecule has 3 rings (SSSR count). The minimum Gasteiger partial charge on any atom is -0.381 e. The van der Waals surface area contributed by atoms with Gasteiger partial charge in [0.25, 0.3) is 0 Å². The van der Waals surface area contributed by atoms with E-state index in [0.29, 0.717) is 12.2 Å². The zero-order chi connectivity index (χ0) is 14.1. The zero-order valence-corrected chi connectivity index (χ0v) is 11.9. The van der Waals surface area contributed by atoms with Crippen molar-refractivity contribution in [3.8, 4) is 0 Å². The van der Waals surface area contributed by atoms with Crippen LogP contribution in [0, 0.1) is 5.82 Å². The van der Waals surface area contributed by atoms with Crippen LogP contribution in [0.3, 0.4) is 0 Å². The van der Waals surface area contributed by atoms with Crippen LogP contribution in [-0.4, -0.2) is 4.98 Å². The summed E-state index contributed by atoms with van der Waals surface area (Å²) in [6, 6.07) is 11.2. The number of fused-ring (bicyclic) bond motifs is 1. The molecule has 0 atom stereocenters. The normalized spacial score (nSPS) is 10.9. The van der Waals surface area contributed by atoms with E-state index in [2.05, 4.69) is 16.4 Å². The van der Waals surface area contributed by atoms with Crippen LogP contribution in [0.4, 0.5) is 10.1 Å². The number of nitrogens with one attached hydrogen (secondary N) is 2. The predicted octanol–water partition coefficient (Wildman–Crippen LogP) is 5.23. The Balaban J connectivity index is 1.78. The molecule has 0 bridgehead atoms. The topological polar surface area (TPSA) is 27.8 Å². The molecule has 0 aliphatic rings. The summed E-state index contributed by atoms with van der Waals surface area (Å²) in [7, 11) is 0. The molecule has 1 aromatic heterocycles. The van der Waals surface area contributed by atoms with Crippen molar-refractivity contribution in [3.63, 3.8) is 0 Å². The quantitative estimate of drug-likeness (QED) is 0.637. The Morgan fingerprint density at radius 1 is 1.05 bits per heavy atom. The van der Waals surface area contributed by atoms with Gasteiger partial charge in [0.05, 0.1) is 10.0 Å². The fourth-order valence-electron chi connectivity index (χ4n) is 2.07. The van der Waals surface area contributed by atoms with Crippen LogP contribution < -0.4 is 5.32 Å². The lowest BCUT2D eigenvalue weighted by atomic mass is 10.1. The number of halogens is 3. The van der Waals surface area contributed by atoms with Crippen molar-refractivity contribution in [2.45, 2.75) is 6.54 Å². The SMILES string of the molecule is Fc1c(Cl)cc(NCc2ccc3cc[nH]c3c2)cc1Cl. The Morgan fingerprint density at radius 2 is 1.80 bits per heavy atom. The number of benzene rings is 2. The van der Waals surface area contributed by atoms with Gasteiger partial charge in [0.15, 0.2) is 5.82 Å². The molecule has 1 heterocycles. The van der Waals surface area contributed by atoms with Gasteiger partial charge in [-0.1, -0.05) is 35.3 Å². The largest absolute Gasteiger partial charge is 0.381 e. The lowest BCUT2D eigenvalue weighted by Gasteiger charge is -2.08. The number of anilines is 1. The van der Waals surface area contributed by atoms with Gasteiger partial charge in [-0.3, -0.25) is 0 Å². The lowest BCUT2D eigenvalue weighted by Crippen LogP contribution is -1.99. The van der Waals surface area contributed by atoms with Crippen molar-refractivity contribution in [1.29, 1.82) is 0 Å². The number of aromatic amines is 1. The summed E-state index contributed by atoms with van der Waals surface area (Å²) in [6.45, 7) is 0.604. The van der Waals surface area contributed by atoms with E-state index in [1.54, 1.807) is 0 Å². The van der Waals surface area contributed by atoms with Crippen molar-refractivity contribution < 1.29 is 4.39 Å². The second kappa shape index (κ2) is 5.35. The monoisotopic (exact) mass is 308 g/mol. The van der Waals surface area contributed by atoms with E-state index in [1.807, 2.05) is 24.4 Å². The average molecular weight is 309 g/mol. The molecule has 0 spiro atoms. The van der Waals surface area contributed by atoms with Crippen LogP contribution >= 0.6 is 23.2 Å². The zero-order valence-electron chi connectivity index (χ0n) is 10.4. The molecule has 20 heavy (non-hydrogen) atoms. The maximum Gasteiger partial charge on any atom is 0.160 e. The van der Waals surface area contributed by atoms with Gasteiger partial charge in [0, 0.05) is 23.9 Å². The van der Waals surface area contributed by atoms with Gasteiger partial charge in [-0.15, -0.1) is 0 Å². The third-order valence-corrected chi connectivity index (χ3v) is 3.65. The molecule has 0 unspecified atom stereocenters. The third kappa shape index (κ3) is 2.60. The van der Waals surface area contributed by atoms with Gasteiger partial charge in [-0.25, -0.2) is 4.39 Å². The minimum absolute atomic E-state index is 0.0137. The second-order valence-corrected chi connectivity index (χ2v) is 5.32. The van der Waals surface area contributed by atoms with Gasteiger partial charge >= 0.3 is 0 Å². The molecule has 2 aromatic carbocycles. The first-order valence-corrected chi connectivity index (χ1v) is 6.83. The molecule has 102 valence electrons. The molecule has 2 N–H and O–H groups in total. The number of aromatic nitrogens is 1. The number of hydrogen-bond acceptors (Lipinski definition) is 1. The van der Waals surface area contributed by atoms with Crippen molar-refractivity contribution in [1.82, 2.24) is 4.98 Å². The molecule has 3 aromatic rings.